The van der Waals surface area contributed by atoms with Gasteiger partial charge < -0.3 is 9.84 Å². The highest BCUT2D eigenvalue weighted by molar-refractivity contribution is 6.33. The Labute approximate surface area is 111 Å². The minimum atomic E-state index is -0.105. The van der Waals surface area contributed by atoms with E-state index in [1.54, 1.807) is 6.07 Å². The molecule has 4 heteroatoms. The van der Waals surface area contributed by atoms with Gasteiger partial charge in [0.15, 0.2) is 0 Å². The predicted octanol–water partition coefficient (Wildman–Crippen LogP) is 3.33. The Kier molecular flexibility index (Phi) is 4.31. The lowest BCUT2D eigenvalue weighted by Crippen LogP contribution is -2.35. The zero-order valence-electron chi connectivity index (χ0n) is 9.59. The quantitative estimate of drug-likeness (QED) is 0.916. The van der Waals surface area contributed by atoms with Gasteiger partial charge in [0.05, 0.1) is 0 Å². The summed E-state index contributed by atoms with van der Waals surface area (Å²) in [4.78, 5) is 0. The molecule has 1 heterocycles. The van der Waals surface area contributed by atoms with Gasteiger partial charge in [0.25, 0.3) is 0 Å². The highest BCUT2D eigenvalue weighted by Crippen LogP contribution is 2.36. The van der Waals surface area contributed by atoms with E-state index in [2.05, 4.69) is 0 Å². The van der Waals surface area contributed by atoms with Crippen molar-refractivity contribution < 1.29 is 9.84 Å². The molecule has 0 saturated carbocycles. The number of halogens is 2. The first-order valence-electron chi connectivity index (χ1n) is 5.78. The summed E-state index contributed by atoms with van der Waals surface area (Å²) < 4.78 is 5.35. The molecule has 94 valence electrons. The molecule has 1 aromatic rings. The molecule has 2 rings (SSSR count). The van der Waals surface area contributed by atoms with E-state index < -0.39 is 0 Å². The number of hydrogen-bond donors (Lipinski definition) is 1. The molecule has 1 fully saturated rings. The molecule has 1 aliphatic rings. The van der Waals surface area contributed by atoms with Crippen LogP contribution in [0.25, 0.3) is 0 Å². The Morgan fingerprint density at radius 1 is 1.24 bits per heavy atom. The summed E-state index contributed by atoms with van der Waals surface area (Å²) in [5.41, 5.74) is 0.905. The maximum absolute atomic E-state index is 9.63. The van der Waals surface area contributed by atoms with Crippen molar-refractivity contribution in [3.8, 4) is 0 Å². The first-order valence-corrected chi connectivity index (χ1v) is 6.53. The summed E-state index contributed by atoms with van der Waals surface area (Å²) in [5.74, 6) is 0. The van der Waals surface area contributed by atoms with Crippen molar-refractivity contribution in [2.24, 2.45) is 5.41 Å². The summed E-state index contributed by atoms with van der Waals surface area (Å²) in [5, 5.41) is 11.0. The van der Waals surface area contributed by atoms with E-state index in [1.807, 2.05) is 12.1 Å². The second-order valence-electron chi connectivity index (χ2n) is 4.68. The average Bonchev–Trinajstić information content (AvgIpc) is 2.35. The van der Waals surface area contributed by atoms with Crippen LogP contribution < -0.4 is 0 Å². The van der Waals surface area contributed by atoms with Crippen molar-refractivity contribution in [3.05, 3.63) is 33.8 Å². The maximum atomic E-state index is 9.63. The molecule has 2 nitrogen and oxygen atoms in total. The van der Waals surface area contributed by atoms with E-state index in [4.69, 9.17) is 27.9 Å². The third kappa shape index (κ3) is 3.14. The zero-order chi connectivity index (χ0) is 12.3. The Hall–Kier alpha value is -0.280. The fourth-order valence-electron chi connectivity index (χ4n) is 2.28. The van der Waals surface area contributed by atoms with E-state index >= 15 is 0 Å². The number of hydrogen-bond acceptors (Lipinski definition) is 2. The third-order valence-corrected chi connectivity index (χ3v) is 4.07. The molecule has 0 radical (unpaired) electrons. The molecule has 0 amide bonds. The van der Waals surface area contributed by atoms with Crippen LogP contribution in [0, 0.1) is 5.41 Å². The normalized spacial score (nSPS) is 19.2. The molecular weight excluding hydrogens is 259 g/mol. The number of aliphatic hydroxyl groups is 1. The second-order valence-corrected chi connectivity index (χ2v) is 5.53. The number of rotatable bonds is 3. The van der Waals surface area contributed by atoms with Crippen LogP contribution in [-0.2, 0) is 11.2 Å². The summed E-state index contributed by atoms with van der Waals surface area (Å²) in [6.07, 6.45) is 2.49. The molecule has 1 N–H and O–H groups in total. The second kappa shape index (κ2) is 5.57. The van der Waals surface area contributed by atoms with Crippen molar-refractivity contribution in [2.75, 3.05) is 19.8 Å². The first-order chi connectivity index (χ1) is 8.15. The highest BCUT2D eigenvalue weighted by Gasteiger charge is 2.32. The van der Waals surface area contributed by atoms with Crippen molar-refractivity contribution in [2.45, 2.75) is 19.3 Å². The molecule has 1 aromatic carbocycles. The highest BCUT2D eigenvalue weighted by atomic mass is 35.5. The fraction of sp³-hybridized carbons (Fsp3) is 0.538. The van der Waals surface area contributed by atoms with Crippen LogP contribution in [0.3, 0.4) is 0 Å². The fourth-order valence-corrected chi connectivity index (χ4v) is 2.66. The average molecular weight is 275 g/mol. The van der Waals surface area contributed by atoms with E-state index in [0.29, 0.717) is 23.3 Å². The molecule has 1 aliphatic heterocycles. The van der Waals surface area contributed by atoms with Crippen LogP contribution in [0.5, 0.6) is 0 Å². The van der Waals surface area contributed by atoms with Gasteiger partial charge in [-0.3, -0.25) is 0 Å². The lowest BCUT2D eigenvalue weighted by atomic mass is 9.76. The lowest BCUT2D eigenvalue weighted by molar-refractivity contribution is -0.0157. The van der Waals surface area contributed by atoms with Crippen LogP contribution in [0.1, 0.15) is 18.4 Å². The van der Waals surface area contributed by atoms with Gasteiger partial charge in [-0.15, -0.1) is 0 Å². The summed E-state index contributed by atoms with van der Waals surface area (Å²) in [6, 6.07) is 5.48. The van der Waals surface area contributed by atoms with Crippen molar-refractivity contribution in [1.29, 1.82) is 0 Å². The molecule has 0 bridgehead atoms. The van der Waals surface area contributed by atoms with E-state index in [9.17, 15) is 5.11 Å². The van der Waals surface area contributed by atoms with Crippen LogP contribution in [0.15, 0.2) is 18.2 Å². The van der Waals surface area contributed by atoms with Gasteiger partial charge in [0, 0.05) is 35.3 Å². The Morgan fingerprint density at radius 2 is 1.94 bits per heavy atom. The Bertz CT molecular complexity index is 387. The van der Waals surface area contributed by atoms with Gasteiger partial charge in [-0.05, 0) is 43.0 Å². The van der Waals surface area contributed by atoms with E-state index in [0.717, 1.165) is 24.8 Å². The van der Waals surface area contributed by atoms with Crippen LogP contribution >= 0.6 is 23.2 Å². The van der Waals surface area contributed by atoms with E-state index in [1.165, 1.54) is 0 Å². The predicted molar refractivity (Wildman–Crippen MR) is 69.7 cm³/mol. The molecule has 1 saturated heterocycles. The molecule has 0 spiro atoms. The SMILES string of the molecule is OCC1(Cc2cc(Cl)ccc2Cl)CCOCC1. The minimum absolute atomic E-state index is 0.105. The third-order valence-electron chi connectivity index (χ3n) is 3.46. The van der Waals surface area contributed by atoms with Crippen molar-refractivity contribution >= 4 is 23.2 Å². The number of ether oxygens (including phenoxy) is 1. The summed E-state index contributed by atoms with van der Waals surface area (Å²) >= 11 is 12.1. The van der Waals surface area contributed by atoms with Crippen LogP contribution in [0.2, 0.25) is 10.0 Å². The molecule has 0 unspecified atom stereocenters. The molecule has 0 atom stereocenters. The van der Waals surface area contributed by atoms with Crippen molar-refractivity contribution in [3.63, 3.8) is 0 Å². The van der Waals surface area contributed by atoms with E-state index in [-0.39, 0.29) is 12.0 Å². The van der Waals surface area contributed by atoms with Gasteiger partial charge >= 0.3 is 0 Å². The molecule has 0 aliphatic carbocycles. The smallest absolute Gasteiger partial charge is 0.0492 e. The maximum Gasteiger partial charge on any atom is 0.0492 e. The number of benzene rings is 1. The van der Waals surface area contributed by atoms with Gasteiger partial charge in [-0.2, -0.15) is 0 Å². The minimum Gasteiger partial charge on any atom is -0.396 e. The number of aliphatic hydroxyl groups excluding tert-OH is 1. The molecule has 0 aromatic heterocycles. The van der Waals surface area contributed by atoms with Crippen molar-refractivity contribution in [1.82, 2.24) is 0 Å². The topological polar surface area (TPSA) is 29.5 Å². The summed E-state index contributed by atoms with van der Waals surface area (Å²) in [6.45, 7) is 1.58. The summed E-state index contributed by atoms with van der Waals surface area (Å²) in [7, 11) is 0. The standard InChI is InChI=1S/C13H16Cl2O2/c14-11-1-2-12(15)10(7-11)8-13(9-16)3-5-17-6-4-13/h1-2,7,16H,3-6,8-9H2. The van der Waals surface area contributed by atoms with Gasteiger partial charge in [-0.1, -0.05) is 23.2 Å². The molecular formula is C13H16Cl2O2. The zero-order valence-corrected chi connectivity index (χ0v) is 11.1. The first kappa shape index (κ1) is 13.2. The largest absolute Gasteiger partial charge is 0.396 e. The van der Waals surface area contributed by atoms with Gasteiger partial charge in [0.1, 0.15) is 0 Å². The lowest BCUT2D eigenvalue weighted by Gasteiger charge is -2.35. The monoisotopic (exact) mass is 274 g/mol. The van der Waals surface area contributed by atoms with Gasteiger partial charge in [0.2, 0.25) is 0 Å². The Balaban J connectivity index is 2.20. The Morgan fingerprint density at radius 3 is 2.59 bits per heavy atom. The molecule has 17 heavy (non-hydrogen) atoms. The van der Waals surface area contributed by atoms with Crippen LogP contribution in [-0.4, -0.2) is 24.9 Å². The van der Waals surface area contributed by atoms with Gasteiger partial charge in [-0.25, -0.2) is 0 Å². The van der Waals surface area contributed by atoms with Crippen LogP contribution in [0.4, 0.5) is 0 Å².